The summed E-state index contributed by atoms with van der Waals surface area (Å²) >= 11 is 6.11. The molecule has 2 aromatic rings. The number of carbonyl (C=O) groups is 1. The number of nitrogens with zero attached hydrogens (tertiary/aromatic N) is 3. The van der Waals surface area contributed by atoms with Crippen LogP contribution < -0.4 is 5.32 Å². The molecule has 10 nitrogen and oxygen atoms in total. The standard InChI is InChI=1S/C18H21ClN4O6S2/c1-22(30(25,26)15-3-2-6-20-12-15)13-18(24)21-14-4-5-16(19)17(11-14)31(27,28)23-7-9-29-10-8-23/h2-6,11-12H,7-10,13H2,1H3,(H,21,24). The lowest BCUT2D eigenvalue weighted by Crippen LogP contribution is -2.40. The fourth-order valence-electron chi connectivity index (χ4n) is 2.87. The van der Waals surface area contributed by atoms with E-state index in [2.05, 4.69) is 10.3 Å². The van der Waals surface area contributed by atoms with Gasteiger partial charge in [0.15, 0.2) is 0 Å². The Labute approximate surface area is 185 Å². The van der Waals surface area contributed by atoms with Crippen molar-refractivity contribution in [3.63, 3.8) is 0 Å². The number of rotatable bonds is 7. The highest BCUT2D eigenvalue weighted by molar-refractivity contribution is 7.89. The van der Waals surface area contributed by atoms with Crippen molar-refractivity contribution >= 4 is 43.2 Å². The summed E-state index contributed by atoms with van der Waals surface area (Å²) in [4.78, 5) is 16.0. The number of pyridine rings is 1. The molecule has 1 N–H and O–H groups in total. The van der Waals surface area contributed by atoms with E-state index in [1.165, 1.54) is 54.1 Å². The van der Waals surface area contributed by atoms with Gasteiger partial charge < -0.3 is 10.1 Å². The van der Waals surface area contributed by atoms with Crippen LogP contribution in [0.1, 0.15) is 0 Å². The summed E-state index contributed by atoms with van der Waals surface area (Å²) in [6.45, 7) is 0.486. The van der Waals surface area contributed by atoms with E-state index in [0.717, 1.165) is 4.31 Å². The van der Waals surface area contributed by atoms with Crippen LogP contribution in [-0.4, -0.2) is 76.2 Å². The van der Waals surface area contributed by atoms with Gasteiger partial charge in [-0.25, -0.2) is 16.8 Å². The van der Waals surface area contributed by atoms with Crippen LogP contribution in [0.15, 0.2) is 52.5 Å². The molecule has 0 saturated carbocycles. The number of hydrogen-bond donors (Lipinski definition) is 1. The first kappa shape index (κ1) is 23.6. The molecule has 1 amide bonds. The number of anilines is 1. The van der Waals surface area contributed by atoms with E-state index in [4.69, 9.17) is 16.3 Å². The molecule has 1 aliphatic heterocycles. The van der Waals surface area contributed by atoms with E-state index < -0.39 is 32.5 Å². The zero-order valence-electron chi connectivity index (χ0n) is 16.6. The second-order valence-electron chi connectivity index (χ2n) is 6.66. The van der Waals surface area contributed by atoms with Gasteiger partial charge in [0.05, 0.1) is 24.8 Å². The predicted octanol–water partition coefficient (Wildman–Crippen LogP) is 1.02. The molecule has 0 radical (unpaired) electrons. The highest BCUT2D eigenvalue weighted by Gasteiger charge is 2.29. The number of amides is 1. The molecular formula is C18H21ClN4O6S2. The molecule has 0 spiro atoms. The van der Waals surface area contributed by atoms with Gasteiger partial charge in [-0.1, -0.05) is 11.6 Å². The van der Waals surface area contributed by atoms with Crippen LogP contribution in [0, 0.1) is 0 Å². The van der Waals surface area contributed by atoms with Crippen molar-refractivity contribution in [2.45, 2.75) is 9.79 Å². The topological polar surface area (TPSA) is 126 Å². The average molecular weight is 489 g/mol. The van der Waals surface area contributed by atoms with Crippen LogP contribution in [0.5, 0.6) is 0 Å². The third-order valence-corrected chi connectivity index (χ3v) is 8.68. The normalized spacial score (nSPS) is 15.7. The number of carbonyl (C=O) groups excluding carboxylic acids is 1. The Kier molecular flexibility index (Phi) is 7.29. The lowest BCUT2D eigenvalue weighted by molar-refractivity contribution is -0.116. The first-order valence-electron chi connectivity index (χ1n) is 9.16. The maximum Gasteiger partial charge on any atom is 0.244 e. The predicted molar refractivity (Wildman–Crippen MR) is 114 cm³/mol. The quantitative estimate of drug-likeness (QED) is 0.616. The van der Waals surface area contributed by atoms with Gasteiger partial charge in [-0.2, -0.15) is 8.61 Å². The lowest BCUT2D eigenvalue weighted by atomic mass is 10.3. The monoisotopic (exact) mass is 488 g/mol. The van der Waals surface area contributed by atoms with E-state index in [1.807, 2.05) is 0 Å². The van der Waals surface area contributed by atoms with Gasteiger partial charge in [0.1, 0.15) is 9.79 Å². The number of ether oxygens (including phenoxy) is 1. The van der Waals surface area contributed by atoms with Crippen LogP contribution in [0.3, 0.4) is 0 Å². The molecule has 3 rings (SSSR count). The highest BCUT2D eigenvalue weighted by Crippen LogP contribution is 2.28. The van der Waals surface area contributed by atoms with Crippen LogP contribution in [-0.2, 0) is 29.6 Å². The van der Waals surface area contributed by atoms with E-state index in [1.54, 1.807) is 0 Å². The molecule has 0 atom stereocenters. The number of hydrogen-bond acceptors (Lipinski definition) is 7. The van der Waals surface area contributed by atoms with E-state index in [0.29, 0.717) is 0 Å². The Morgan fingerprint density at radius 1 is 1.23 bits per heavy atom. The summed E-state index contributed by atoms with van der Waals surface area (Å²) in [5.74, 6) is -0.646. The molecule has 168 valence electrons. The first-order valence-corrected chi connectivity index (χ1v) is 12.4. The minimum absolute atomic E-state index is 0.0146. The van der Waals surface area contributed by atoms with Crippen LogP contribution in [0.25, 0.3) is 0 Å². The molecule has 1 fully saturated rings. The number of halogens is 1. The van der Waals surface area contributed by atoms with Crippen molar-refractivity contribution in [3.8, 4) is 0 Å². The Bertz CT molecular complexity index is 1150. The zero-order valence-corrected chi connectivity index (χ0v) is 19.0. The summed E-state index contributed by atoms with van der Waals surface area (Å²) in [6.07, 6.45) is 2.63. The molecule has 0 aliphatic carbocycles. The molecule has 31 heavy (non-hydrogen) atoms. The van der Waals surface area contributed by atoms with Crippen molar-refractivity contribution in [2.75, 3.05) is 45.2 Å². The largest absolute Gasteiger partial charge is 0.379 e. The molecular weight excluding hydrogens is 468 g/mol. The summed E-state index contributed by atoms with van der Waals surface area (Å²) in [5.41, 5.74) is 0.174. The summed E-state index contributed by atoms with van der Waals surface area (Å²) in [6, 6.07) is 6.90. The first-order chi connectivity index (χ1) is 14.6. The Morgan fingerprint density at radius 2 is 1.94 bits per heavy atom. The van der Waals surface area contributed by atoms with Crippen molar-refractivity contribution in [2.24, 2.45) is 0 Å². The van der Waals surface area contributed by atoms with Gasteiger partial charge in [0.2, 0.25) is 26.0 Å². The van der Waals surface area contributed by atoms with Gasteiger partial charge in [0.25, 0.3) is 0 Å². The zero-order chi connectivity index (χ0) is 22.6. The van der Waals surface area contributed by atoms with Gasteiger partial charge in [-0.05, 0) is 30.3 Å². The summed E-state index contributed by atoms with van der Waals surface area (Å²) in [5, 5.41) is 2.53. The second-order valence-corrected chi connectivity index (χ2v) is 11.0. The average Bonchev–Trinajstić information content (AvgIpc) is 2.76. The number of nitrogens with one attached hydrogen (secondary N) is 1. The minimum atomic E-state index is -3.90. The number of benzene rings is 1. The van der Waals surface area contributed by atoms with Crippen molar-refractivity contribution in [1.29, 1.82) is 0 Å². The third-order valence-electron chi connectivity index (χ3n) is 4.51. The van der Waals surface area contributed by atoms with Gasteiger partial charge in [-0.3, -0.25) is 9.78 Å². The molecule has 13 heteroatoms. The molecule has 1 aromatic carbocycles. The van der Waals surface area contributed by atoms with Crippen LogP contribution in [0.2, 0.25) is 5.02 Å². The minimum Gasteiger partial charge on any atom is -0.379 e. The van der Waals surface area contributed by atoms with Gasteiger partial charge in [-0.15, -0.1) is 0 Å². The fraction of sp³-hybridized carbons (Fsp3) is 0.333. The van der Waals surface area contributed by atoms with E-state index >= 15 is 0 Å². The Morgan fingerprint density at radius 3 is 2.58 bits per heavy atom. The molecule has 1 saturated heterocycles. The SMILES string of the molecule is CN(CC(=O)Nc1ccc(Cl)c(S(=O)(=O)N2CCOCC2)c1)S(=O)(=O)c1cccnc1. The number of morpholine rings is 1. The van der Waals surface area contributed by atoms with Crippen molar-refractivity contribution in [1.82, 2.24) is 13.6 Å². The molecule has 1 aromatic heterocycles. The smallest absolute Gasteiger partial charge is 0.244 e. The fourth-order valence-corrected chi connectivity index (χ4v) is 5.87. The van der Waals surface area contributed by atoms with Crippen molar-refractivity contribution in [3.05, 3.63) is 47.7 Å². The molecule has 0 unspecified atom stereocenters. The highest BCUT2D eigenvalue weighted by atomic mass is 35.5. The van der Waals surface area contributed by atoms with Gasteiger partial charge in [0, 0.05) is 38.2 Å². The van der Waals surface area contributed by atoms with Crippen LogP contribution in [0.4, 0.5) is 5.69 Å². The summed E-state index contributed by atoms with van der Waals surface area (Å²) < 4.78 is 58.1. The summed E-state index contributed by atoms with van der Waals surface area (Å²) in [7, 11) is -6.52. The third kappa shape index (κ3) is 5.40. The maximum absolute atomic E-state index is 12.9. The number of likely N-dealkylation sites (N-methyl/N-ethyl adjacent to an activating group) is 1. The van der Waals surface area contributed by atoms with E-state index in [-0.39, 0.29) is 46.8 Å². The molecule has 2 heterocycles. The maximum atomic E-state index is 12.9. The Hall–Kier alpha value is -2.09. The Balaban J connectivity index is 1.74. The lowest BCUT2D eigenvalue weighted by Gasteiger charge is -2.26. The second kappa shape index (κ2) is 9.59. The molecule has 1 aliphatic rings. The van der Waals surface area contributed by atoms with Crippen molar-refractivity contribution < 1.29 is 26.4 Å². The van der Waals surface area contributed by atoms with Crippen LogP contribution >= 0.6 is 11.6 Å². The number of aromatic nitrogens is 1. The van der Waals surface area contributed by atoms with E-state index in [9.17, 15) is 21.6 Å². The number of sulfonamides is 2. The molecule has 0 bridgehead atoms. The van der Waals surface area contributed by atoms with Gasteiger partial charge >= 0.3 is 0 Å².